The van der Waals surface area contributed by atoms with E-state index in [1.807, 2.05) is 0 Å². The van der Waals surface area contributed by atoms with Gasteiger partial charge in [-0.2, -0.15) is 18.2 Å². The average molecular weight is 210 g/mol. The molecule has 5 nitrogen and oxygen atoms in total. The molecule has 14 heavy (non-hydrogen) atoms. The second-order valence-corrected chi connectivity index (χ2v) is 2.40. The minimum Gasteiger partial charge on any atom is -0.481 e. The van der Waals surface area contributed by atoms with E-state index in [4.69, 9.17) is 5.11 Å². The standard InChI is InChI=1S/C6H5F3N2O3/c7-6(8,9)5-10-3(14-11-5)1-2-4(12)13/h1-2H2,(H,12,13). The van der Waals surface area contributed by atoms with Crippen LogP contribution in [0, 0.1) is 0 Å². The van der Waals surface area contributed by atoms with Gasteiger partial charge in [-0.05, 0) is 0 Å². The van der Waals surface area contributed by atoms with Crippen molar-refractivity contribution in [2.24, 2.45) is 0 Å². The highest BCUT2D eigenvalue weighted by molar-refractivity contribution is 5.66. The van der Waals surface area contributed by atoms with Crippen LogP contribution in [0.25, 0.3) is 0 Å². The molecule has 0 atom stereocenters. The van der Waals surface area contributed by atoms with Crippen LogP contribution in [0.4, 0.5) is 13.2 Å². The van der Waals surface area contributed by atoms with Gasteiger partial charge in [-0.1, -0.05) is 5.16 Å². The van der Waals surface area contributed by atoms with Crippen molar-refractivity contribution >= 4 is 5.97 Å². The average Bonchev–Trinajstić information content (AvgIpc) is 2.47. The molecule has 0 fully saturated rings. The SMILES string of the molecule is O=C(O)CCc1nc(C(F)(F)F)no1. The smallest absolute Gasteiger partial charge is 0.455 e. The second kappa shape index (κ2) is 3.64. The summed E-state index contributed by atoms with van der Waals surface area (Å²) in [4.78, 5) is 13.1. The molecule has 0 amide bonds. The van der Waals surface area contributed by atoms with Crippen LogP contribution in [0.2, 0.25) is 0 Å². The van der Waals surface area contributed by atoms with Crippen molar-refractivity contribution in [2.75, 3.05) is 0 Å². The summed E-state index contributed by atoms with van der Waals surface area (Å²) < 4.78 is 39.9. The molecule has 1 heterocycles. The topological polar surface area (TPSA) is 76.2 Å². The Balaban J connectivity index is 2.64. The first-order valence-corrected chi connectivity index (χ1v) is 3.51. The van der Waals surface area contributed by atoms with Gasteiger partial charge in [-0.3, -0.25) is 4.79 Å². The van der Waals surface area contributed by atoms with Crippen molar-refractivity contribution in [3.63, 3.8) is 0 Å². The van der Waals surface area contributed by atoms with E-state index in [1.54, 1.807) is 0 Å². The number of rotatable bonds is 3. The predicted molar refractivity (Wildman–Crippen MR) is 35.3 cm³/mol. The number of carbonyl (C=O) groups is 1. The molecule has 8 heteroatoms. The molecule has 0 aromatic carbocycles. The molecule has 1 aromatic heterocycles. The third kappa shape index (κ3) is 2.71. The van der Waals surface area contributed by atoms with Crippen LogP contribution >= 0.6 is 0 Å². The summed E-state index contributed by atoms with van der Waals surface area (Å²) in [6.07, 6.45) is -5.22. The normalized spacial score (nSPS) is 11.6. The van der Waals surface area contributed by atoms with Gasteiger partial charge >= 0.3 is 12.1 Å². The largest absolute Gasteiger partial charge is 0.481 e. The lowest BCUT2D eigenvalue weighted by atomic mass is 10.3. The number of aliphatic carboxylic acids is 1. The fourth-order valence-electron chi connectivity index (χ4n) is 0.685. The number of hydrogen-bond acceptors (Lipinski definition) is 4. The van der Waals surface area contributed by atoms with Crippen molar-refractivity contribution in [1.29, 1.82) is 0 Å². The van der Waals surface area contributed by atoms with E-state index in [-0.39, 0.29) is 18.7 Å². The Labute approximate surface area is 75.5 Å². The van der Waals surface area contributed by atoms with Crippen LogP contribution in [0.5, 0.6) is 0 Å². The number of alkyl halides is 3. The zero-order valence-corrected chi connectivity index (χ0v) is 6.71. The molecule has 0 aliphatic carbocycles. The van der Waals surface area contributed by atoms with E-state index in [2.05, 4.69) is 14.7 Å². The number of hydrogen-bond donors (Lipinski definition) is 1. The maximum atomic E-state index is 11.9. The molecule has 1 N–H and O–H groups in total. The van der Waals surface area contributed by atoms with E-state index < -0.39 is 18.0 Å². The van der Waals surface area contributed by atoms with Gasteiger partial charge in [0.2, 0.25) is 5.89 Å². The predicted octanol–water partition coefficient (Wildman–Crippen LogP) is 1.11. The summed E-state index contributed by atoms with van der Waals surface area (Å²) in [6.45, 7) is 0. The van der Waals surface area contributed by atoms with Gasteiger partial charge in [0, 0.05) is 6.42 Å². The lowest BCUT2D eigenvalue weighted by molar-refractivity contribution is -0.146. The minimum atomic E-state index is -4.66. The van der Waals surface area contributed by atoms with E-state index >= 15 is 0 Å². The van der Waals surface area contributed by atoms with Crippen LogP contribution in [-0.2, 0) is 17.4 Å². The fraction of sp³-hybridized carbons (Fsp3) is 0.500. The van der Waals surface area contributed by atoms with Gasteiger partial charge in [0.15, 0.2) is 0 Å². The molecule has 0 unspecified atom stereocenters. The lowest BCUT2D eigenvalue weighted by Gasteiger charge is -1.95. The molecule has 78 valence electrons. The maximum absolute atomic E-state index is 11.9. The maximum Gasteiger partial charge on any atom is 0.455 e. The first-order chi connectivity index (χ1) is 6.39. The summed E-state index contributed by atoms with van der Waals surface area (Å²) >= 11 is 0. The van der Waals surface area contributed by atoms with E-state index in [1.165, 1.54) is 0 Å². The summed E-state index contributed by atoms with van der Waals surface area (Å²) in [5, 5.41) is 10.9. The van der Waals surface area contributed by atoms with Gasteiger partial charge in [0.25, 0.3) is 5.82 Å². The summed E-state index contributed by atoms with van der Waals surface area (Å²) in [6, 6.07) is 0. The van der Waals surface area contributed by atoms with Gasteiger partial charge < -0.3 is 9.63 Å². The molecule has 1 rings (SSSR count). The summed E-state index contributed by atoms with van der Waals surface area (Å²) in [5.41, 5.74) is 0. The molecule has 0 bridgehead atoms. The summed E-state index contributed by atoms with van der Waals surface area (Å²) in [7, 11) is 0. The highest BCUT2D eigenvalue weighted by Gasteiger charge is 2.37. The molecule has 0 spiro atoms. The minimum absolute atomic E-state index is 0.210. The highest BCUT2D eigenvalue weighted by atomic mass is 19.4. The molecular weight excluding hydrogens is 205 g/mol. The Morgan fingerprint density at radius 2 is 2.14 bits per heavy atom. The molecule has 0 saturated carbocycles. The Morgan fingerprint density at radius 3 is 2.57 bits per heavy atom. The molecule has 0 radical (unpaired) electrons. The first kappa shape index (κ1) is 10.5. The van der Waals surface area contributed by atoms with Crippen LogP contribution in [-0.4, -0.2) is 21.2 Å². The Bertz CT molecular complexity index is 333. The third-order valence-corrected chi connectivity index (χ3v) is 1.27. The van der Waals surface area contributed by atoms with Crippen LogP contribution < -0.4 is 0 Å². The van der Waals surface area contributed by atoms with Gasteiger partial charge in [0.05, 0.1) is 6.42 Å². The van der Waals surface area contributed by atoms with Crippen molar-refractivity contribution in [1.82, 2.24) is 10.1 Å². The number of aromatic nitrogens is 2. The van der Waals surface area contributed by atoms with Crippen molar-refractivity contribution in [3.05, 3.63) is 11.7 Å². The molecule has 0 saturated heterocycles. The van der Waals surface area contributed by atoms with Crippen LogP contribution in [0.3, 0.4) is 0 Å². The van der Waals surface area contributed by atoms with Gasteiger partial charge in [-0.15, -0.1) is 0 Å². The third-order valence-electron chi connectivity index (χ3n) is 1.27. The molecule has 0 aliphatic heterocycles. The van der Waals surface area contributed by atoms with E-state index in [0.717, 1.165) is 0 Å². The molecule has 0 aliphatic rings. The van der Waals surface area contributed by atoms with E-state index in [9.17, 15) is 18.0 Å². The monoisotopic (exact) mass is 210 g/mol. The van der Waals surface area contributed by atoms with Crippen molar-refractivity contribution < 1.29 is 27.6 Å². The number of halogens is 3. The Kier molecular flexibility index (Phi) is 2.73. The molecule has 1 aromatic rings. The lowest BCUT2D eigenvalue weighted by Crippen LogP contribution is -2.07. The molecular formula is C6H5F3N2O3. The first-order valence-electron chi connectivity index (χ1n) is 3.51. The van der Waals surface area contributed by atoms with E-state index in [0.29, 0.717) is 0 Å². The Hall–Kier alpha value is -1.60. The number of carboxylic acids is 1. The number of carboxylic acid groups (broad SMARTS) is 1. The highest BCUT2D eigenvalue weighted by Crippen LogP contribution is 2.26. The van der Waals surface area contributed by atoms with Gasteiger partial charge in [-0.25, -0.2) is 0 Å². The fourth-order valence-corrected chi connectivity index (χ4v) is 0.685. The van der Waals surface area contributed by atoms with Crippen molar-refractivity contribution in [2.45, 2.75) is 19.0 Å². The number of aryl methyl sites for hydroxylation is 1. The van der Waals surface area contributed by atoms with Crippen LogP contribution in [0.15, 0.2) is 4.52 Å². The quantitative estimate of drug-likeness (QED) is 0.808. The van der Waals surface area contributed by atoms with Gasteiger partial charge in [0.1, 0.15) is 0 Å². The summed E-state index contributed by atoms with van der Waals surface area (Å²) in [5.74, 6) is -2.87. The Morgan fingerprint density at radius 1 is 1.50 bits per heavy atom. The zero-order chi connectivity index (χ0) is 10.8. The second-order valence-electron chi connectivity index (χ2n) is 2.40. The van der Waals surface area contributed by atoms with Crippen LogP contribution in [0.1, 0.15) is 18.1 Å². The number of nitrogens with zero attached hydrogens (tertiary/aromatic N) is 2. The zero-order valence-electron chi connectivity index (χ0n) is 6.71. The van der Waals surface area contributed by atoms with Crippen molar-refractivity contribution in [3.8, 4) is 0 Å².